The molecule has 0 atom stereocenters. The van der Waals surface area contributed by atoms with Crippen molar-refractivity contribution < 1.29 is 4.42 Å². The van der Waals surface area contributed by atoms with Crippen LogP contribution in [-0.4, -0.2) is 14.6 Å². The van der Waals surface area contributed by atoms with Crippen LogP contribution < -0.4 is 5.56 Å². The largest absolute Gasteiger partial charge is 0.468 e. The lowest BCUT2D eigenvalue weighted by molar-refractivity contribution is 0.530. The molecule has 0 N–H and O–H groups in total. The van der Waals surface area contributed by atoms with Crippen molar-refractivity contribution in [1.82, 2.24) is 14.6 Å². The Morgan fingerprint density at radius 2 is 2.00 bits per heavy atom. The molecule has 4 aromatic rings. The fraction of sp³-hybridized carbons (Fsp3) is 0.118. The summed E-state index contributed by atoms with van der Waals surface area (Å²) in [6.07, 6.45) is 1.66. The van der Waals surface area contributed by atoms with Gasteiger partial charge in [-0.15, -0.1) is 11.8 Å². The molecule has 120 valence electrons. The molecular formula is C17H13N3O2S2. The van der Waals surface area contributed by atoms with Crippen molar-refractivity contribution in [2.24, 2.45) is 0 Å². The van der Waals surface area contributed by atoms with Crippen molar-refractivity contribution in [3.05, 3.63) is 76.6 Å². The maximum Gasteiger partial charge on any atom is 0.275 e. The van der Waals surface area contributed by atoms with Gasteiger partial charge in [-0.25, -0.2) is 4.98 Å². The third kappa shape index (κ3) is 3.13. The number of hydrogen-bond acceptors (Lipinski definition) is 6. The zero-order valence-electron chi connectivity index (χ0n) is 12.6. The zero-order valence-corrected chi connectivity index (χ0v) is 14.2. The van der Waals surface area contributed by atoms with Gasteiger partial charge in [-0.1, -0.05) is 41.7 Å². The van der Waals surface area contributed by atoms with E-state index in [0.717, 1.165) is 27.8 Å². The van der Waals surface area contributed by atoms with Crippen LogP contribution >= 0.6 is 23.1 Å². The van der Waals surface area contributed by atoms with Gasteiger partial charge in [0, 0.05) is 17.4 Å². The summed E-state index contributed by atoms with van der Waals surface area (Å²) in [5.74, 6) is 2.33. The first-order valence-electron chi connectivity index (χ1n) is 7.35. The molecule has 0 saturated heterocycles. The SMILES string of the molecule is O=c1cc(CSCc2ccco2)nc2sc(-c3ccccc3)nn12. The van der Waals surface area contributed by atoms with Gasteiger partial charge in [0.25, 0.3) is 5.56 Å². The predicted molar refractivity (Wildman–Crippen MR) is 96.3 cm³/mol. The van der Waals surface area contributed by atoms with E-state index in [2.05, 4.69) is 10.1 Å². The van der Waals surface area contributed by atoms with Gasteiger partial charge in [-0.2, -0.15) is 9.61 Å². The number of furan rings is 1. The van der Waals surface area contributed by atoms with Gasteiger partial charge < -0.3 is 4.42 Å². The van der Waals surface area contributed by atoms with E-state index < -0.39 is 0 Å². The second-order valence-corrected chi connectivity index (χ2v) is 7.07. The van der Waals surface area contributed by atoms with Gasteiger partial charge in [0.05, 0.1) is 17.7 Å². The van der Waals surface area contributed by atoms with Crippen molar-refractivity contribution in [3.63, 3.8) is 0 Å². The maximum absolute atomic E-state index is 12.3. The van der Waals surface area contributed by atoms with E-state index in [-0.39, 0.29) is 5.56 Å². The van der Waals surface area contributed by atoms with Crippen molar-refractivity contribution >= 4 is 28.1 Å². The Morgan fingerprint density at radius 3 is 2.79 bits per heavy atom. The van der Waals surface area contributed by atoms with E-state index in [0.29, 0.717) is 10.7 Å². The molecule has 0 fully saturated rings. The second-order valence-electron chi connectivity index (χ2n) is 5.13. The molecule has 0 saturated carbocycles. The average Bonchev–Trinajstić information content (AvgIpc) is 3.25. The third-order valence-electron chi connectivity index (χ3n) is 3.39. The number of aromatic nitrogens is 3. The van der Waals surface area contributed by atoms with Crippen LogP contribution in [0.4, 0.5) is 0 Å². The zero-order chi connectivity index (χ0) is 16.4. The number of hydrogen-bond donors (Lipinski definition) is 0. The second kappa shape index (κ2) is 6.62. The smallest absolute Gasteiger partial charge is 0.275 e. The Kier molecular flexibility index (Phi) is 4.18. The van der Waals surface area contributed by atoms with Crippen molar-refractivity contribution in [1.29, 1.82) is 0 Å². The molecular weight excluding hydrogens is 342 g/mol. The first-order chi connectivity index (χ1) is 11.8. The van der Waals surface area contributed by atoms with Crippen LogP contribution in [-0.2, 0) is 11.5 Å². The van der Waals surface area contributed by atoms with Crippen molar-refractivity contribution in [3.8, 4) is 10.6 Å². The van der Waals surface area contributed by atoms with E-state index in [1.165, 1.54) is 15.9 Å². The van der Waals surface area contributed by atoms with E-state index in [4.69, 9.17) is 4.42 Å². The van der Waals surface area contributed by atoms with Gasteiger partial charge in [-0.05, 0) is 12.1 Å². The minimum absolute atomic E-state index is 0.146. The van der Waals surface area contributed by atoms with Crippen LogP contribution in [0.2, 0.25) is 0 Å². The number of fused-ring (bicyclic) bond motifs is 1. The molecule has 3 heterocycles. The molecule has 0 amide bonds. The van der Waals surface area contributed by atoms with Crippen LogP contribution in [0.15, 0.2) is 64.0 Å². The highest BCUT2D eigenvalue weighted by molar-refractivity contribution is 7.97. The first kappa shape index (κ1) is 15.2. The van der Waals surface area contributed by atoms with Gasteiger partial charge in [0.1, 0.15) is 10.8 Å². The standard InChI is InChI=1S/C17H13N3O2S2/c21-15-9-13(10-23-11-14-7-4-8-22-14)18-17-20(15)19-16(24-17)12-5-2-1-3-6-12/h1-9H,10-11H2. The molecule has 0 unspecified atom stereocenters. The molecule has 0 spiro atoms. The maximum atomic E-state index is 12.3. The quantitative estimate of drug-likeness (QED) is 0.544. The summed E-state index contributed by atoms with van der Waals surface area (Å²) in [6.45, 7) is 0. The highest BCUT2D eigenvalue weighted by Gasteiger charge is 2.10. The van der Waals surface area contributed by atoms with Gasteiger partial charge >= 0.3 is 0 Å². The highest BCUT2D eigenvalue weighted by Crippen LogP contribution is 2.24. The lowest BCUT2D eigenvalue weighted by Crippen LogP contribution is -2.15. The summed E-state index contributed by atoms with van der Waals surface area (Å²) in [5, 5.41) is 5.18. The van der Waals surface area contributed by atoms with Gasteiger partial charge in [-0.3, -0.25) is 4.79 Å². The molecule has 7 heteroatoms. The van der Waals surface area contributed by atoms with E-state index in [1.807, 2.05) is 42.5 Å². The molecule has 0 bridgehead atoms. The number of thioether (sulfide) groups is 1. The molecule has 3 aromatic heterocycles. The molecule has 1 aromatic carbocycles. The fourth-order valence-corrected chi connectivity index (χ4v) is 4.03. The van der Waals surface area contributed by atoms with Gasteiger partial charge in [0.2, 0.25) is 4.96 Å². The Morgan fingerprint density at radius 1 is 1.12 bits per heavy atom. The van der Waals surface area contributed by atoms with Crippen molar-refractivity contribution in [2.75, 3.05) is 0 Å². The first-order valence-corrected chi connectivity index (χ1v) is 9.32. The lowest BCUT2D eigenvalue weighted by Gasteiger charge is -1.99. The van der Waals surface area contributed by atoms with Crippen LogP contribution in [0, 0.1) is 0 Å². The summed E-state index contributed by atoms with van der Waals surface area (Å²) in [6, 6.07) is 15.2. The number of benzene rings is 1. The van der Waals surface area contributed by atoms with Crippen LogP contribution in [0.3, 0.4) is 0 Å². The molecule has 0 aliphatic rings. The fourth-order valence-electron chi connectivity index (χ4n) is 2.28. The van der Waals surface area contributed by atoms with Crippen LogP contribution in [0.5, 0.6) is 0 Å². The molecule has 24 heavy (non-hydrogen) atoms. The predicted octanol–water partition coefficient (Wildman–Crippen LogP) is 3.84. The molecule has 5 nitrogen and oxygen atoms in total. The van der Waals surface area contributed by atoms with Crippen LogP contribution in [0.1, 0.15) is 11.5 Å². The topological polar surface area (TPSA) is 60.4 Å². The van der Waals surface area contributed by atoms with Gasteiger partial charge in [0.15, 0.2) is 0 Å². The Balaban J connectivity index is 1.58. The molecule has 0 radical (unpaired) electrons. The van der Waals surface area contributed by atoms with E-state index >= 15 is 0 Å². The monoisotopic (exact) mass is 355 g/mol. The Labute approximate surface area is 146 Å². The van der Waals surface area contributed by atoms with Crippen LogP contribution in [0.25, 0.3) is 15.5 Å². The minimum Gasteiger partial charge on any atom is -0.468 e. The highest BCUT2D eigenvalue weighted by atomic mass is 32.2. The molecule has 0 aliphatic heterocycles. The average molecular weight is 355 g/mol. The van der Waals surface area contributed by atoms with Crippen molar-refractivity contribution in [2.45, 2.75) is 11.5 Å². The van der Waals surface area contributed by atoms with E-state index in [9.17, 15) is 4.79 Å². The third-order valence-corrected chi connectivity index (χ3v) is 5.34. The number of rotatable bonds is 5. The number of nitrogens with zero attached hydrogens (tertiary/aromatic N) is 3. The van der Waals surface area contributed by atoms with E-state index in [1.54, 1.807) is 24.1 Å². The summed E-state index contributed by atoms with van der Waals surface area (Å²) in [7, 11) is 0. The Hall–Kier alpha value is -2.38. The minimum atomic E-state index is -0.146. The summed E-state index contributed by atoms with van der Waals surface area (Å²) in [4.78, 5) is 17.5. The molecule has 0 aliphatic carbocycles. The lowest BCUT2D eigenvalue weighted by atomic mass is 10.2. The Bertz CT molecular complexity index is 1010. The molecule has 4 rings (SSSR count). The summed E-state index contributed by atoms with van der Waals surface area (Å²) in [5.41, 5.74) is 1.60. The summed E-state index contributed by atoms with van der Waals surface area (Å²) >= 11 is 3.09. The summed E-state index contributed by atoms with van der Waals surface area (Å²) < 4.78 is 6.67. The normalized spacial score (nSPS) is 11.2.